The van der Waals surface area contributed by atoms with E-state index in [0.29, 0.717) is 30.3 Å². The summed E-state index contributed by atoms with van der Waals surface area (Å²) in [6, 6.07) is 14.6. The standard InChI is InChI=1S/C21H24N4O3S2/c1-4-16(26)13-22-21-23-19(14-5-9-17(10-6-14)29(2)27)20(24-25-21)15-7-11-18(12-8-15)30(3)28/h5-12,16,26H,4,13H2,1-3H3,(H,22,23,25). The van der Waals surface area contributed by atoms with Crippen molar-refractivity contribution in [2.75, 3.05) is 24.4 Å². The monoisotopic (exact) mass is 444 g/mol. The number of aliphatic hydroxyl groups is 1. The molecule has 0 aliphatic carbocycles. The molecule has 0 saturated carbocycles. The predicted octanol–water partition coefficient (Wildman–Crippen LogP) is 2.86. The third-order valence-electron chi connectivity index (χ3n) is 4.57. The van der Waals surface area contributed by atoms with Crippen LogP contribution in [0.2, 0.25) is 0 Å². The molecule has 0 aliphatic rings. The molecule has 7 nitrogen and oxygen atoms in total. The molecular formula is C21H24N4O3S2. The Morgan fingerprint density at radius 2 is 1.37 bits per heavy atom. The van der Waals surface area contributed by atoms with Crippen molar-refractivity contribution in [2.45, 2.75) is 29.2 Å². The zero-order valence-corrected chi connectivity index (χ0v) is 18.7. The van der Waals surface area contributed by atoms with Crippen LogP contribution in [0.15, 0.2) is 58.3 Å². The summed E-state index contributed by atoms with van der Waals surface area (Å²) in [4.78, 5) is 6.07. The van der Waals surface area contributed by atoms with Crippen LogP contribution in [0.3, 0.4) is 0 Å². The first-order valence-electron chi connectivity index (χ1n) is 9.43. The molecule has 0 fully saturated rings. The van der Waals surface area contributed by atoms with Gasteiger partial charge in [0, 0.05) is 61.6 Å². The van der Waals surface area contributed by atoms with Gasteiger partial charge >= 0.3 is 0 Å². The molecular weight excluding hydrogens is 420 g/mol. The van der Waals surface area contributed by atoms with Gasteiger partial charge in [0.2, 0.25) is 5.95 Å². The number of rotatable bonds is 8. The molecule has 3 atom stereocenters. The quantitative estimate of drug-likeness (QED) is 0.550. The van der Waals surface area contributed by atoms with Crippen LogP contribution in [0, 0.1) is 0 Å². The van der Waals surface area contributed by atoms with Gasteiger partial charge in [-0.2, -0.15) is 0 Å². The highest BCUT2D eigenvalue weighted by molar-refractivity contribution is 7.84. The van der Waals surface area contributed by atoms with Crippen LogP contribution < -0.4 is 5.32 Å². The van der Waals surface area contributed by atoms with Crippen LogP contribution in [0.4, 0.5) is 5.95 Å². The molecule has 0 amide bonds. The molecule has 0 bridgehead atoms. The van der Waals surface area contributed by atoms with Gasteiger partial charge in [-0.25, -0.2) is 4.98 Å². The summed E-state index contributed by atoms with van der Waals surface area (Å²) < 4.78 is 23.4. The van der Waals surface area contributed by atoms with E-state index in [0.717, 1.165) is 20.9 Å². The highest BCUT2D eigenvalue weighted by Crippen LogP contribution is 2.30. The van der Waals surface area contributed by atoms with Crippen LogP contribution in [-0.2, 0) is 21.6 Å². The zero-order valence-electron chi connectivity index (χ0n) is 17.0. The fraction of sp³-hybridized carbons (Fsp3) is 0.286. The van der Waals surface area contributed by atoms with Crippen LogP contribution >= 0.6 is 0 Å². The van der Waals surface area contributed by atoms with E-state index in [2.05, 4.69) is 20.5 Å². The predicted molar refractivity (Wildman–Crippen MR) is 120 cm³/mol. The van der Waals surface area contributed by atoms with Gasteiger partial charge < -0.3 is 10.4 Å². The van der Waals surface area contributed by atoms with E-state index in [1.54, 1.807) is 36.8 Å². The van der Waals surface area contributed by atoms with Crippen molar-refractivity contribution in [1.82, 2.24) is 15.2 Å². The summed E-state index contributed by atoms with van der Waals surface area (Å²) >= 11 is 0. The van der Waals surface area contributed by atoms with Gasteiger partial charge in [0.05, 0.1) is 6.10 Å². The Morgan fingerprint density at radius 1 is 0.867 bits per heavy atom. The molecule has 9 heteroatoms. The summed E-state index contributed by atoms with van der Waals surface area (Å²) in [7, 11) is -2.14. The second-order valence-electron chi connectivity index (χ2n) is 6.73. The summed E-state index contributed by atoms with van der Waals surface area (Å²) in [6.07, 6.45) is 3.38. The van der Waals surface area contributed by atoms with Crippen molar-refractivity contribution in [1.29, 1.82) is 0 Å². The van der Waals surface area contributed by atoms with Crippen molar-refractivity contribution in [3.63, 3.8) is 0 Å². The zero-order chi connectivity index (χ0) is 21.7. The first-order valence-corrected chi connectivity index (χ1v) is 12.5. The number of hydrogen-bond acceptors (Lipinski definition) is 7. The van der Waals surface area contributed by atoms with Gasteiger partial charge in [-0.3, -0.25) is 8.42 Å². The molecule has 1 heterocycles. The Hall–Kier alpha value is -2.49. The molecule has 1 aromatic heterocycles. The van der Waals surface area contributed by atoms with Gasteiger partial charge in [-0.05, 0) is 30.7 Å². The number of benzene rings is 2. The summed E-state index contributed by atoms with van der Waals surface area (Å²) in [6.45, 7) is 2.22. The average Bonchev–Trinajstić information content (AvgIpc) is 2.77. The van der Waals surface area contributed by atoms with E-state index in [4.69, 9.17) is 0 Å². The summed E-state index contributed by atoms with van der Waals surface area (Å²) in [5, 5.41) is 21.3. The first-order chi connectivity index (χ1) is 14.4. The van der Waals surface area contributed by atoms with Gasteiger partial charge in [0.25, 0.3) is 0 Å². The topological polar surface area (TPSA) is 105 Å². The van der Waals surface area contributed by atoms with Crippen LogP contribution in [-0.4, -0.2) is 53.9 Å². The maximum atomic E-state index is 11.7. The van der Waals surface area contributed by atoms with Crippen LogP contribution in [0.1, 0.15) is 13.3 Å². The van der Waals surface area contributed by atoms with E-state index < -0.39 is 27.7 Å². The largest absolute Gasteiger partial charge is 0.391 e. The number of nitrogens with one attached hydrogen (secondary N) is 1. The highest BCUT2D eigenvalue weighted by atomic mass is 32.2. The van der Waals surface area contributed by atoms with E-state index in [-0.39, 0.29) is 0 Å². The Bertz CT molecular complexity index is 1060. The lowest BCUT2D eigenvalue weighted by Gasteiger charge is -2.13. The lowest BCUT2D eigenvalue weighted by atomic mass is 10.0. The Kier molecular flexibility index (Phi) is 7.41. The molecule has 2 aromatic carbocycles. The molecule has 3 aromatic rings. The molecule has 0 aliphatic heterocycles. The highest BCUT2D eigenvalue weighted by Gasteiger charge is 2.15. The number of hydrogen-bond donors (Lipinski definition) is 2. The maximum absolute atomic E-state index is 11.7. The molecule has 3 unspecified atom stereocenters. The second kappa shape index (κ2) is 10.0. The number of anilines is 1. The number of aromatic nitrogens is 3. The van der Waals surface area contributed by atoms with E-state index in [9.17, 15) is 13.5 Å². The molecule has 2 N–H and O–H groups in total. The van der Waals surface area contributed by atoms with Crippen molar-refractivity contribution >= 4 is 27.5 Å². The fourth-order valence-electron chi connectivity index (χ4n) is 2.76. The Balaban J connectivity index is 2.04. The molecule has 0 saturated heterocycles. The number of aliphatic hydroxyl groups excluding tert-OH is 1. The van der Waals surface area contributed by atoms with E-state index in [1.165, 1.54) is 0 Å². The Labute approximate surface area is 180 Å². The summed E-state index contributed by atoms with van der Waals surface area (Å²) in [5.41, 5.74) is 2.78. The summed E-state index contributed by atoms with van der Waals surface area (Å²) in [5.74, 6) is 0.315. The Morgan fingerprint density at radius 3 is 1.83 bits per heavy atom. The number of nitrogens with zero attached hydrogens (tertiary/aromatic N) is 3. The molecule has 3 rings (SSSR count). The van der Waals surface area contributed by atoms with Crippen LogP contribution in [0.25, 0.3) is 22.5 Å². The van der Waals surface area contributed by atoms with Gasteiger partial charge in [-0.15, -0.1) is 10.2 Å². The first kappa shape index (κ1) is 22.2. The minimum Gasteiger partial charge on any atom is -0.391 e. The third-order valence-corrected chi connectivity index (χ3v) is 6.45. The second-order valence-corrected chi connectivity index (χ2v) is 9.49. The SMILES string of the molecule is CCC(O)CNc1nnc(-c2ccc(S(C)=O)cc2)c(-c2ccc(S(C)=O)cc2)n1. The van der Waals surface area contributed by atoms with E-state index in [1.807, 2.05) is 31.2 Å². The van der Waals surface area contributed by atoms with Crippen molar-refractivity contribution in [2.24, 2.45) is 0 Å². The van der Waals surface area contributed by atoms with Crippen molar-refractivity contribution < 1.29 is 13.5 Å². The molecule has 0 radical (unpaired) electrons. The lowest BCUT2D eigenvalue weighted by molar-refractivity contribution is 0.183. The lowest BCUT2D eigenvalue weighted by Crippen LogP contribution is -2.20. The molecule has 158 valence electrons. The minimum atomic E-state index is -1.07. The smallest absolute Gasteiger partial charge is 0.243 e. The molecule has 0 spiro atoms. The third kappa shape index (κ3) is 5.35. The van der Waals surface area contributed by atoms with Gasteiger partial charge in [0.15, 0.2) is 0 Å². The molecule has 30 heavy (non-hydrogen) atoms. The van der Waals surface area contributed by atoms with Gasteiger partial charge in [0.1, 0.15) is 11.4 Å². The van der Waals surface area contributed by atoms with Crippen molar-refractivity contribution in [3.8, 4) is 22.5 Å². The minimum absolute atomic E-state index is 0.315. The maximum Gasteiger partial charge on any atom is 0.243 e. The van der Waals surface area contributed by atoms with Gasteiger partial charge in [-0.1, -0.05) is 31.2 Å². The fourth-order valence-corrected chi connectivity index (χ4v) is 3.80. The van der Waals surface area contributed by atoms with E-state index >= 15 is 0 Å². The normalized spacial score (nSPS) is 14.1. The van der Waals surface area contributed by atoms with Crippen LogP contribution in [0.5, 0.6) is 0 Å². The average molecular weight is 445 g/mol. The van der Waals surface area contributed by atoms with Crippen molar-refractivity contribution in [3.05, 3.63) is 48.5 Å².